The molecule has 110 valence electrons. The van der Waals surface area contributed by atoms with Gasteiger partial charge in [-0.05, 0) is 38.1 Å². The fraction of sp³-hybridized carbons (Fsp3) is 0.125. The molecule has 0 aliphatic heterocycles. The maximum atomic E-state index is 10.7. The third-order valence-corrected chi connectivity index (χ3v) is 3.09. The van der Waals surface area contributed by atoms with E-state index in [1.165, 1.54) is 6.92 Å². The SMILES string of the molecule is CC(=NO)c1cccc(Cl)c1.CC(=O)c1cccc(Cl)c1. The third kappa shape index (κ3) is 5.98. The highest BCUT2D eigenvalue weighted by molar-refractivity contribution is 6.31. The molecule has 0 saturated carbocycles. The molecular formula is C16H15Cl2NO2. The van der Waals surface area contributed by atoms with Crippen LogP contribution < -0.4 is 0 Å². The van der Waals surface area contributed by atoms with E-state index in [1.807, 2.05) is 12.1 Å². The first-order chi connectivity index (χ1) is 9.93. The Labute approximate surface area is 133 Å². The number of oxime groups is 1. The van der Waals surface area contributed by atoms with Gasteiger partial charge in [-0.3, -0.25) is 4.79 Å². The standard InChI is InChI=1S/C8H8ClNO.C8H7ClO/c1-6(10-11)7-3-2-4-8(9)5-7;1-6(10)7-3-2-4-8(9)5-7/h2-5,11H,1H3;2-5H,1H3. The number of Topliss-reactive ketones (excluding diaryl/α,β-unsaturated/α-hetero) is 1. The van der Waals surface area contributed by atoms with Gasteiger partial charge < -0.3 is 5.21 Å². The first kappa shape index (κ1) is 17.2. The highest BCUT2D eigenvalue weighted by Crippen LogP contribution is 2.11. The van der Waals surface area contributed by atoms with Crippen LogP contribution in [0.1, 0.15) is 29.8 Å². The number of hydrogen-bond donors (Lipinski definition) is 1. The first-order valence-electron chi connectivity index (χ1n) is 6.15. The molecule has 0 aliphatic carbocycles. The summed E-state index contributed by atoms with van der Waals surface area (Å²) in [6, 6.07) is 14.1. The summed E-state index contributed by atoms with van der Waals surface area (Å²) in [5.74, 6) is 0.0440. The molecule has 0 aliphatic rings. The maximum Gasteiger partial charge on any atom is 0.159 e. The Morgan fingerprint density at radius 3 is 1.81 bits per heavy atom. The van der Waals surface area contributed by atoms with Crippen molar-refractivity contribution in [2.45, 2.75) is 13.8 Å². The van der Waals surface area contributed by atoms with Gasteiger partial charge in [-0.15, -0.1) is 0 Å². The zero-order valence-corrected chi connectivity index (χ0v) is 13.2. The highest BCUT2D eigenvalue weighted by atomic mass is 35.5. The van der Waals surface area contributed by atoms with E-state index in [0.717, 1.165) is 5.56 Å². The smallest absolute Gasteiger partial charge is 0.159 e. The third-order valence-electron chi connectivity index (χ3n) is 2.62. The van der Waals surface area contributed by atoms with Crippen LogP contribution in [-0.4, -0.2) is 16.7 Å². The normalized spacial score (nSPS) is 10.6. The molecule has 2 aromatic rings. The van der Waals surface area contributed by atoms with Gasteiger partial charge in [-0.25, -0.2) is 0 Å². The average Bonchev–Trinajstić information content (AvgIpc) is 2.47. The van der Waals surface area contributed by atoms with Crippen molar-refractivity contribution in [1.29, 1.82) is 0 Å². The lowest BCUT2D eigenvalue weighted by molar-refractivity contribution is 0.101. The fourth-order valence-electron chi connectivity index (χ4n) is 1.48. The van der Waals surface area contributed by atoms with Gasteiger partial charge in [0.1, 0.15) is 0 Å². The predicted octanol–water partition coefficient (Wildman–Crippen LogP) is 5.08. The van der Waals surface area contributed by atoms with Gasteiger partial charge in [-0.1, -0.05) is 52.6 Å². The minimum Gasteiger partial charge on any atom is -0.411 e. The summed E-state index contributed by atoms with van der Waals surface area (Å²) in [5.41, 5.74) is 2.06. The number of benzene rings is 2. The van der Waals surface area contributed by atoms with Crippen LogP contribution in [0.2, 0.25) is 10.0 Å². The fourth-order valence-corrected chi connectivity index (χ4v) is 1.86. The Morgan fingerprint density at radius 2 is 1.43 bits per heavy atom. The van der Waals surface area contributed by atoms with Gasteiger partial charge in [0.15, 0.2) is 5.78 Å². The predicted molar refractivity (Wildman–Crippen MR) is 86.9 cm³/mol. The second kappa shape index (κ2) is 8.45. The van der Waals surface area contributed by atoms with E-state index in [2.05, 4.69) is 5.16 Å². The second-order valence-corrected chi connectivity index (χ2v) is 5.14. The van der Waals surface area contributed by atoms with Crippen LogP contribution >= 0.6 is 23.2 Å². The lowest BCUT2D eigenvalue weighted by Gasteiger charge is -1.97. The number of rotatable bonds is 2. The Hall–Kier alpha value is -1.84. The Balaban J connectivity index is 0.000000211. The summed E-state index contributed by atoms with van der Waals surface area (Å²) in [6.07, 6.45) is 0. The lowest BCUT2D eigenvalue weighted by Crippen LogP contribution is -1.92. The van der Waals surface area contributed by atoms with Gasteiger partial charge in [0.2, 0.25) is 0 Å². The van der Waals surface area contributed by atoms with Crippen molar-refractivity contribution in [3.05, 3.63) is 69.7 Å². The number of nitrogens with zero attached hydrogens (tertiary/aromatic N) is 1. The second-order valence-electron chi connectivity index (χ2n) is 4.26. The van der Waals surface area contributed by atoms with Crippen molar-refractivity contribution in [2.75, 3.05) is 0 Å². The molecule has 2 aromatic carbocycles. The average molecular weight is 324 g/mol. The van der Waals surface area contributed by atoms with E-state index in [4.69, 9.17) is 28.4 Å². The zero-order valence-electron chi connectivity index (χ0n) is 11.7. The van der Waals surface area contributed by atoms with Crippen LogP contribution in [0.25, 0.3) is 0 Å². The van der Waals surface area contributed by atoms with E-state index in [-0.39, 0.29) is 5.78 Å². The number of carbonyl (C=O) groups excluding carboxylic acids is 1. The van der Waals surface area contributed by atoms with Crippen molar-refractivity contribution < 1.29 is 10.0 Å². The largest absolute Gasteiger partial charge is 0.411 e. The van der Waals surface area contributed by atoms with Gasteiger partial charge in [0.05, 0.1) is 5.71 Å². The summed E-state index contributed by atoms with van der Waals surface area (Å²) < 4.78 is 0. The molecule has 0 aromatic heterocycles. The molecular weight excluding hydrogens is 309 g/mol. The first-order valence-corrected chi connectivity index (χ1v) is 6.90. The molecule has 0 bridgehead atoms. The van der Waals surface area contributed by atoms with E-state index in [0.29, 0.717) is 21.3 Å². The van der Waals surface area contributed by atoms with Crippen molar-refractivity contribution >= 4 is 34.7 Å². The number of halogens is 2. The maximum absolute atomic E-state index is 10.7. The summed E-state index contributed by atoms with van der Waals surface area (Å²) in [4.78, 5) is 10.7. The van der Waals surface area contributed by atoms with Crippen LogP contribution in [0, 0.1) is 0 Å². The van der Waals surface area contributed by atoms with E-state index >= 15 is 0 Å². The number of hydrogen-bond acceptors (Lipinski definition) is 3. The van der Waals surface area contributed by atoms with Gasteiger partial charge in [-0.2, -0.15) is 0 Å². The van der Waals surface area contributed by atoms with Crippen molar-refractivity contribution in [1.82, 2.24) is 0 Å². The molecule has 0 spiro atoms. The molecule has 2 rings (SSSR count). The Bertz CT molecular complexity index is 654. The van der Waals surface area contributed by atoms with E-state index in [9.17, 15) is 4.79 Å². The quantitative estimate of drug-likeness (QED) is 0.362. The van der Waals surface area contributed by atoms with Gasteiger partial charge >= 0.3 is 0 Å². The Kier molecular flexibility index (Phi) is 6.92. The molecule has 21 heavy (non-hydrogen) atoms. The summed E-state index contributed by atoms with van der Waals surface area (Å²) in [6.45, 7) is 3.23. The van der Waals surface area contributed by atoms with E-state index in [1.54, 1.807) is 43.3 Å². The highest BCUT2D eigenvalue weighted by Gasteiger charge is 1.97. The van der Waals surface area contributed by atoms with Gasteiger partial charge in [0.25, 0.3) is 0 Å². The van der Waals surface area contributed by atoms with Crippen LogP contribution in [0.3, 0.4) is 0 Å². The van der Waals surface area contributed by atoms with Crippen LogP contribution in [0.5, 0.6) is 0 Å². The molecule has 0 radical (unpaired) electrons. The summed E-state index contributed by atoms with van der Waals surface area (Å²) in [5, 5.41) is 12.7. The molecule has 0 amide bonds. The minimum atomic E-state index is 0.0440. The van der Waals surface area contributed by atoms with Crippen molar-refractivity contribution in [3.63, 3.8) is 0 Å². The number of ketones is 1. The molecule has 0 unspecified atom stereocenters. The molecule has 3 nitrogen and oxygen atoms in total. The molecule has 1 N–H and O–H groups in total. The van der Waals surface area contributed by atoms with Crippen LogP contribution in [-0.2, 0) is 0 Å². The van der Waals surface area contributed by atoms with Crippen LogP contribution in [0.15, 0.2) is 53.7 Å². The number of carbonyl (C=O) groups is 1. The monoisotopic (exact) mass is 323 g/mol. The van der Waals surface area contributed by atoms with Crippen molar-refractivity contribution in [3.8, 4) is 0 Å². The molecule has 0 saturated heterocycles. The lowest BCUT2D eigenvalue weighted by atomic mass is 10.1. The molecule has 5 heteroatoms. The topological polar surface area (TPSA) is 49.7 Å². The summed E-state index contributed by atoms with van der Waals surface area (Å²) in [7, 11) is 0. The zero-order chi connectivity index (χ0) is 15.8. The van der Waals surface area contributed by atoms with Gasteiger partial charge in [0, 0.05) is 21.2 Å². The van der Waals surface area contributed by atoms with Crippen LogP contribution in [0.4, 0.5) is 0 Å². The molecule has 0 heterocycles. The molecule has 0 atom stereocenters. The molecule has 0 fully saturated rings. The minimum absolute atomic E-state index is 0.0440. The Morgan fingerprint density at radius 1 is 0.952 bits per heavy atom. The van der Waals surface area contributed by atoms with E-state index < -0.39 is 0 Å². The van der Waals surface area contributed by atoms with Crippen molar-refractivity contribution in [2.24, 2.45) is 5.16 Å². The summed E-state index contributed by atoms with van der Waals surface area (Å²) >= 11 is 11.3.